The van der Waals surface area contributed by atoms with Crippen LogP contribution in [-0.4, -0.2) is 37.2 Å². The van der Waals surface area contributed by atoms with Crippen LogP contribution in [0.15, 0.2) is 134 Å². The second-order valence-electron chi connectivity index (χ2n) is 18.5. The zero-order valence-corrected chi connectivity index (χ0v) is 45.7. The van der Waals surface area contributed by atoms with Crippen LogP contribution in [0, 0.1) is 0 Å². The minimum atomic E-state index is -0.841. The molecule has 0 aliphatic heterocycles. The molecule has 6 nitrogen and oxygen atoms in total. The van der Waals surface area contributed by atoms with Gasteiger partial charge in [-0.2, -0.15) is 0 Å². The normalized spacial score (nSPS) is 13.1. The summed E-state index contributed by atoms with van der Waals surface area (Å²) in [7, 11) is 0. The highest BCUT2D eigenvalue weighted by atomic mass is 16.6. The monoisotopic (exact) mass is 981 g/mol. The largest absolute Gasteiger partial charge is 0.462 e. The summed E-state index contributed by atoms with van der Waals surface area (Å²) < 4.78 is 16.8. The first-order chi connectivity index (χ1) is 35.0. The van der Waals surface area contributed by atoms with E-state index in [4.69, 9.17) is 14.2 Å². The fraction of sp³-hybridized carbons (Fsp3) is 0.615. The molecule has 0 bridgehead atoms. The van der Waals surface area contributed by atoms with Crippen molar-refractivity contribution < 1.29 is 28.6 Å². The number of ether oxygens (including phenoxy) is 3. The van der Waals surface area contributed by atoms with E-state index < -0.39 is 12.1 Å². The Balaban J connectivity index is 4.60. The van der Waals surface area contributed by atoms with Gasteiger partial charge in [0.25, 0.3) is 0 Å². The Kier molecular flexibility index (Phi) is 54.5. The third-order valence-corrected chi connectivity index (χ3v) is 11.6. The topological polar surface area (TPSA) is 78.9 Å². The highest BCUT2D eigenvalue weighted by molar-refractivity contribution is 5.71. The SMILES string of the molecule is CC/C=C\C/C=C\C/C=C\C/C=C\C/C=C\C/C=C\CCC(=O)O[C@H](COC(=O)CCCCC/C=C\C/C=C\C/C=C\C/C=C\CCCCC)COC(=O)CCCCCCC/C=C\CCCCCCCC. The van der Waals surface area contributed by atoms with Crippen LogP contribution < -0.4 is 0 Å². The lowest BCUT2D eigenvalue weighted by atomic mass is 10.1. The van der Waals surface area contributed by atoms with Gasteiger partial charge in [-0.1, -0.05) is 225 Å². The number of allylic oxidation sites excluding steroid dienone is 22. The van der Waals surface area contributed by atoms with Crippen molar-refractivity contribution >= 4 is 17.9 Å². The maximum absolute atomic E-state index is 12.8. The molecule has 0 spiro atoms. The third-order valence-electron chi connectivity index (χ3n) is 11.6. The first-order valence-corrected chi connectivity index (χ1v) is 28.7. The van der Waals surface area contributed by atoms with Gasteiger partial charge < -0.3 is 14.2 Å². The van der Waals surface area contributed by atoms with Crippen LogP contribution in [0.25, 0.3) is 0 Å². The Labute approximate surface area is 436 Å². The van der Waals surface area contributed by atoms with Gasteiger partial charge in [-0.15, -0.1) is 0 Å². The summed E-state index contributed by atoms with van der Waals surface area (Å²) in [5.74, 6) is -1.06. The molecule has 0 fully saturated rings. The fourth-order valence-corrected chi connectivity index (χ4v) is 7.33. The molecular formula is C65H104O6. The highest BCUT2D eigenvalue weighted by Gasteiger charge is 2.19. The van der Waals surface area contributed by atoms with Crippen LogP contribution in [-0.2, 0) is 28.6 Å². The van der Waals surface area contributed by atoms with Crippen molar-refractivity contribution in [1.82, 2.24) is 0 Å². The maximum atomic E-state index is 12.8. The van der Waals surface area contributed by atoms with Gasteiger partial charge in [-0.3, -0.25) is 14.4 Å². The van der Waals surface area contributed by atoms with Gasteiger partial charge in [0.1, 0.15) is 13.2 Å². The highest BCUT2D eigenvalue weighted by Crippen LogP contribution is 2.12. The van der Waals surface area contributed by atoms with E-state index in [2.05, 4.69) is 142 Å². The number of hydrogen-bond acceptors (Lipinski definition) is 6. The average Bonchev–Trinajstić information content (AvgIpc) is 3.37. The summed E-state index contributed by atoms with van der Waals surface area (Å²) in [5, 5.41) is 0. The average molecular weight is 982 g/mol. The molecule has 0 radical (unpaired) electrons. The van der Waals surface area contributed by atoms with Gasteiger partial charge >= 0.3 is 17.9 Å². The van der Waals surface area contributed by atoms with E-state index >= 15 is 0 Å². The molecule has 0 aromatic heterocycles. The zero-order chi connectivity index (χ0) is 51.4. The first kappa shape index (κ1) is 66.6. The smallest absolute Gasteiger partial charge is 0.306 e. The van der Waals surface area contributed by atoms with Crippen LogP contribution >= 0.6 is 0 Å². The number of esters is 3. The van der Waals surface area contributed by atoms with E-state index in [1.807, 2.05) is 12.2 Å². The minimum Gasteiger partial charge on any atom is -0.462 e. The van der Waals surface area contributed by atoms with Gasteiger partial charge in [-0.05, 0) is 128 Å². The van der Waals surface area contributed by atoms with Crippen LogP contribution in [0.1, 0.15) is 239 Å². The number of carbonyl (C=O) groups is 3. The molecule has 0 saturated heterocycles. The summed E-state index contributed by atoms with van der Waals surface area (Å²) in [6.07, 6.45) is 81.6. The maximum Gasteiger partial charge on any atom is 0.306 e. The van der Waals surface area contributed by atoms with Gasteiger partial charge in [-0.25, -0.2) is 0 Å². The Hall–Kier alpha value is -4.45. The van der Waals surface area contributed by atoms with E-state index in [-0.39, 0.29) is 31.6 Å². The van der Waals surface area contributed by atoms with Crippen LogP contribution in [0.5, 0.6) is 0 Å². The van der Waals surface area contributed by atoms with Gasteiger partial charge in [0, 0.05) is 19.3 Å². The summed E-state index contributed by atoms with van der Waals surface area (Å²) in [6, 6.07) is 0. The molecular weight excluding hydrogens is 877 g/mol. The Morgan fingerprint density at radius 3 is 0.972 bits per heavy atom. The molecule has 0 N–H and O–H groups in total. The Morgan fingerprint density at radius 1 is 0.296 bits per heavy atom. The van der Waals surface area contributed by atoms with E-state index in [0.717, 1.165) is 116 Å². The van der Waals surface area contributed by atoms with Crippen molar-refractivity contribution in [2.75, 3.05) is 13.2 Å². The minimum absolute atomic E-state index is 0.127. The van der Waals surface area contributed by atoms with Crippen LogP contribution in [0.3, 0.4) is 0 Å². The van der Waals surface area contributed by atoms with E-state index in [1.54, 1.807) is 0 Å². The van der Waals surface area contributed by atoms with Crippen molar-refractivity contribution in [3.05, 3.63) is 134 Å². The van der Waals surface area contributed by atoms with Crippen LogP contribution in [0.4, 0.5) is 0 Å². The van der Waals surface area contributed by atoms with Crippen molar-refractivity contribution in [3.63, 3.8) is 0 Å². The number of carbonyl (C=O) groups excluding carboxylic acids is 3. The molecule has 1 atom stereocenters. The first-order valence-electron chi connectivity index (χ1n) is 28.7. The predicted octanol–water partition coefficient (Wildman–Crippen LogP) is 19.4. The lowest BCUT2D eigenvalue weighted by Gasteiger charge is -2.18. The summed E-state index contributed by atoms with van der Waals surface area (Å²) in [4.78, 5) is 38.1. The second kappa shape index (κ2) is 58.1. The molecule has 0 rings (SSSR count). The molecule has 0 unspecified atom stereocenters. The summed E-state index contributed by atoms with van der Waals surface area (Å²) >= 11 is 0. The summed E-state index contributed by atoms with van der Waals surface area (Å²) in [5.41, 5.74) is 0. The third kappa shape index (κ3) is 56.3. The van der Waals surface area contributed by atoms with Crippen molar-refractivity contribution in [2.24, 2.45) is 0 Å². The number of hydrogen-bond donors (Lipinski definition) is 0. The molecule has 0 aliphatic carbocycles. The summed E-state index contributed by atoms with van der Waals surface area (Å²) in [6.45, 7) is 6.39. The zero-order valence-electron chi connectivity index (χ0n) is 45.7. The Bertz CT molecular complexity index is 1550. The van der Waals surface area contributed by atoms with Gasteiger partial charge in [0.05, 0.1) is 0 Å². The fourth-order valence-electron chi connectivity index (χ4n) is 7.33. The molecule has 0 saturated carbocycles. The molecule has 400 valence electrons. The second-order valence-corrected chi connectivity index (χ2v) is 18.5. The lowest BCUT2D eigenvalue weighted by Crippen LogP contribution is -2.30. The van der Waals surface area contributed by atoms with E-state index in [1.165, 1.54) is 77.0 Å². The predicted molar refractivity (Wildman–Crippen MR) is 306 cm³/mol. The van der Waals surface area contributed by atoms with Crippen molar-refractivity contribution in [2.45, 2.75) is 245 Å². The lowest BCUT2D eigenvalue weighted by molar-refractivity contribution is -0.166. The van der Waals surface area contributed by atoms with Gasteiger partial charge in [0.15, 0.2) is 6.10 Å². The van der Waals surface area contributed by atoms with Crippen molar-refractivity contribution in [1.29, 1.82) is 0 Å². The van der Waals surface area contributed by atoms with Crippen molar-refractivity contribution in [3.8, 4) is 0 Å². The molecule has 0 aromatic rings. The molecule has 0 aliphatic rings. The molecule has 71 heavy (non-hydrogen) atoms. The molecule has 0 heterocycles. The van der Waals surface area contributed by atoms with Crippen LogP contribution in [0.2, 0.25) is 0 Å². The molecule has 6 heteroatoms. The standard InChI is InChI=1S/C65H104O6/c1-4-7-10-13-16-19-22-25-28-30-32-34-37-40-43-46-49-52-55-58-64(67)70-61-62(60-69-63(66)57-54-51-48-45-42-39-36-27-24-21-18-15-12-9-6-3)71-65(68)59-56-53-50-47-44-41-38-35-33-31-29-26-23-20-17-14-11-8-5-2/h8,11,16-17,19-20,25-29,32-36,40-41,43-44,50,53,62H,4-7,9-10,12-15,18,21-24,30-31,37-39,42,45-49,51-52,54-61H2,1-3H3/b11-8-,19-16-,20-17-,28-25-,29-26-,34-32-,35-33-,36-27-,43-40-,44-41-,53-50-/t62-/m0/s1. The van der Waals surface area contributed by atoms with E-state index in [0.29, 0.717) is 19.3 Å². The number of unbranched alkanes of at least 4 members (excludes halogenated alkanes) is 17. The molecule has 0 amide bonds. The van der Waals surface area contributed by atoms with Gasteiger partial charge in [0.2, 0.25) is 0 Å². The Morgan fingerprint density at radius 2 is 0.577 bits per heavy atom. The number of rotatable bonds is 50. The quantitative estimate of drug-likeness (QED) is 0.0262. The van der Waals surface area contributed by atoms with E-state index in [9.17, 15) is 14.4 Å². The molecule has 0 aromatic carbocycles.